The summed E-state index contributed by atoms with van der Waals surface area (Å²) in [6.45, 7) is 8.82. The molecule has 0 aromatic heterocycles. The molecule has 0 heterocycles. The van der Waals surface area contributed by atoms with Crippen LogP contribution >= 0.6 is 12.6 Å². The number of allylic oxidation sites excluding steroid dienone is 4. The molecule has 0 N–H and O–H groups in total. The van der Waals surface area contributed by atoms with Crippen LogP contribution in [0.5, 0.6) is 0 Å². The summed E-state index contributed by atoms with van der Waals surface area (Å²) in [6.07, 6.45) is 17.1. The molecule has 0 aromatic carbocycles. The number of rotatable bonds is 14. The van der Waals surface area contributed by atoms with Crippen LogP contribution < -0.4 is 0 Å². The fraction of sp³-hybridized carbons (Fsp3) is 0.750. The van der Waals surface area contributed by atoms with Gasteiger partial charge >= 0.3 is 0 Å². The highest BCUT2D eigenvalue weighted by molar-refractivity contribution is 7.81. The molecule has 0 saturated heterocycles. The molecule has 0 aliphatic heterocycles. The Kier molecular flexibility index (Phi) is 12.0. The maximum atomic E-state index is 12.4. The first-order valence-corrected chi connectivity index (χ1v) is 11.6. The molecule has 1 rings (SSSR count). The van der Waals surface area contributed by atoms with Gasteiger partial charge in [-0.25, -0.2) is 0 Å². The Labute approximate surface area is 172 Å². The van der Waals surface area contributed by atoms with Crippen LogP contribution in [0.1, 0.15) is 91.9 Å². The van der Waals surface area contributed by atoms with Crippen molar-refractivity contribution in [2.45, 2.75) is 97.2 Å². The molecular weight excluding hydrogens is 352 g/mol. The Hall–Kier alpha value is -0.830. The van der Waals surface area contributed by atoms with Crippen LogP contribution in [0, 0.1) is 17.8 Å². The zero-order valence-corrected chi connectivity index (χ0v) is 18.8. The van der Waals surface area contributed by atoms with E-state index in [1.165, 1.54) is 63.5 Å². The van der Waals surface area contributed by atoms with Crippen molar-refractivity contribution >= 4 is 24.2 Å². The van der Waals surface area contributed by atoms with E-state index in [9.17, 15) is 9.59 Å². The lowest BCUT2D eigenvalue weighted by Crippen LogP contribution is -2.33. The Morgan fingerprint density at radius 3 is 2.04 bits per heavy atom. The lowest BCUT2D eigenvalue weighted by molar-refractivity contribution is -0.115. The molecular formula is C24H40O2S. The topological polar surface area (TPSA) is 34.1 Å². The van der Waals surface area contributed by atoms with Crippen LogP contribution in [-0.2, 0) is 9.59 Å². The van der Waals surface area contributed by atoms with Gasteiger partial charge in [-0.1, -0.05) is 85.5 Å². The fourth-order valence-electron chi connectivity index (χ4n) is 3.99. The largest absolute Gasteiger partial charge is 0.290 e. The Morgan fingerprint density at radius 1 is 0.852 bits per heavy atom. The van der Waals surface area contributed by atoms with Crippen molar-refractivity contribution in [3.63, 3.8) is 0 Å². The first kappa shape index (κ1) is 24.2. The van der Waals surface area contributed by atoms with Crippen LogP contribution in [0.3, 0.4) is 0 Å². The molecule has 1 aliphatic rings. The summed E-state index contributed by atoms with van der Waals surface area (Å²) in [6, 6.07) is 0. The van der Waals surface area contributed by atoms with Crippen LogP contribution in [0.25, 0.3) is 0 Å². The first-order chi connectivity index (χ1) is 12.9. The van der Waals surface area contributed by atoms with Crippen molar-refractivity contribution in [1.82, 2.24) is 0 Å². The number of thiol groups is 1. The highest BCUT2D eigenvalue weighted by atomic mass is 32.1. The second-order valence-electron chi connectivity index (χ2n) is 8.34. The maximum absolute atomic E-state index is 12.4. The van der Waals surface area contributed by atoms with Crippen molar-refractivity contribution in [2.24, 2.45) is 17.8 Å². The van der Waals surface area contributed by atoms with Crippen molar-refractivity contribution in [3.05, 3.63) is 23.8 Å². The first-order valence-electron chi connectivity index (χ1n) is 11.1. The summed E-state index contributed by atoms with van der Waals surface area (Å²) in [4.78, 5) is 24.2. The third kappa shape index (κ3) is 8.37. The number of hydrogen-bond donors (Lipinski definition) is 1. The van der Waals surface area contributed by atoms with E-state index in [0.29, 0.717) is 17.4 Å². The van der Waals surface area contributed by atoms with E-state index in [2.05, 4.69) is 27.7 Å². The van der Waals surface area contributed by atoms with Crippen molar-refractivity contribution < 1.29 is 9.59 Å². The van der Waals surface area contributed by atoms with Crippen molar-refractivity contribution in [2.75, 3.05) is 0 Å². The minimum atomic E-state index is -0.0748. The van der Waals surface area contributed by atoms with Gasteiger partial charge in [0.25, 0.3) is 0 Å². The van der Waals surface area contributed by atoms with E-state index < -0.39 is 0 Å². The molecule has 0 spiro atoms. The van der Waals surface area contributed by atoms with E-state index >= 15 is 0 Å². The van der Waals surface area contributed by atoms with Crippen LogP contribution in [0.4, 0.5) is 0 Å². The predicted octanol–water partition coefficient (Wildman–Crippen LogP) is 6.75. The average molecular weight is 393 g/mol. The van der Waals surface area contributed by atoms with E-state index in [-0.39, 0.29) is 22.7 Å². The zero-order chi connectivity index (χ0) is 20.2. The normalized spacial score (nSPS) is 18.9. The van der Waals surface area contributed by atoms with Gasteiger partial charge in [-0.05, 0) is 36.5 Å². The van der Waals surface area contributed by atoms with Gasteiger partial charge in [-0.3, -0.25) is 9.59 Å². The molecule has 0 saturated carbocycles. The summed E-state index contributed by atoms with van der Waals surface area (Å²) in [7, 11) is 0. The highest BCUT2D eigenvalue weighted by Gasteiger charge is 2.34. The van der Waals surface area contributed by atoms with Gasteiger partial charge in [-0.15, -0.1) is 0 Å². The highest BCUT2D eigenvalue weighted by Crippen LogP contribution is 2.36. The minimum Gasteiger partial charge on any atom is -0.290 e. The second kappa shape index (κ2) is 13.4. The van der Waals surface area contributed by atoms with E-state index in [1.54, 1.807) is 6.08 Å². The average Bonchev–Trinajstić information content (AvgIpc) is 2.66. The predicted molar refractivity (Wildman–Crippen MR) is 119 cm³/mol. The molecule has 1 aliphatic carbocycles. The Bertz CT molecular complexity index is 520. The third-order valence-electron chi connectivity index (χ3n) is 6.06. The Morgan fingerprint density at radius 2 is 1.44 bits per heavy atom. The number of carbonyl (C=O) groups is 2. The number of unbranched alkanes of at least 4 members (excludes halogenated alkanes) is 7. The molecule has 2 nitrogen and oxygen atoms in total. The van der Waals surface area contributed by atoms with Crippen molar-refractivity contribution in [1.29, 1.82) is 0 Å². The summed E-state index contributed by atoms with van der Waals surface area (Å²) < 4.78 is 0. The van der Waals surface area contributed by atoms with Gasteiger partial charge in [0, 0.05) is 16.7 Å². The number of hydrogen-bond acceptors (Lipinski definition) is 3. The smallest absolute Gasteiger partial charge is 0.182 e. The summed E-state index contributed by atoms with van der Waals surface area (Å²) in [5, 5.41) is 0.110. The zero-order valence-electron chi connectivity index (χ0n) is 17.9. The second-order valence-corrected chi connectivity index (χ2v) is 8.94. The molecule has 0 amide bonds. The SMILES string of the molecule is CCCCCCCCCCC(C)C(S)C(C1=CC(=O)C=CC1=O)C(C)CC. The summed E-state index contributed by atoms with van der Waals surface area (Å²) in [5.74, 6) is 0.723. The molecule has 27 heavy (non-hydrogen) atoms. The van der Waals surface area contributed by atoms with Gasteiger partial charge in [0.1, 0.15) is 0 Å². The van der Waals surface area contributed by atoms with Gasteiger partial charge < -0.3 is 0 Å². The monoisotopic (exact) mass is 392 g/mol. The van der Waals surface area contributed by atoms with Gasteiger partial charge in [0.15, 0.2) is 11.6 Å². The summed E-state index contributed by atoms with van der Waals surface area (Å²) in [5.41, 5.74) is 0.666. The molecule has 0 aromatic rings. The summed E-state index contributed by atoms with van der Waals surface area (Å²) >= 11 is 4.95. The van der Waals surface area contributed by atoms with Crippen LogP contribution in [0.2, 0.25) is 0 Å². The van der Waals surface area contributed by atoms with Gasteiger partial charge in [0.2, 0.25) is 0 Å². The van der Waals surface area contributed by atoms with Crippen LogP contribution in [-0.4, -0.2) is 16.8 Å². The molecule has 4 unspecified atom stereocenters. The van der Waals surface area contributed by atoms with Crippen LogP contribution in [0.15, 0.2) is 23.8 Å². The fourth-order valence-corrected chi connectivity index (χ4v) is 4.60. The van der Waals surface area contributed by atoms with E-state index in [0.717, 1.165) is 12.8 Å². The molecule has 0 fully saturated rings. The van der Waals surface area contributed by atoms with Crippen molar-refractivity contribution in [3.8, 4) is 0 Å². The molecule has 3 heteroatoms. The van der Waals surface area contributed by atoms with E-state index in [1.807, 2.05) is 0 Å². The minimum absolute atomic E-state index is 0.0155. The Balaban J connectivity index is 2.54. The van der Waals surface area contributed by atoms with Gasteiger partial charge in [-0.2, -0.15) is 12.6 Å². The number of ketones is 2. The molecule has 0 bridgehead atoms. The molecule has 0 radical (unpaired) electrons. The lowest BCUT2D eigenvalue weighted by Gasteiger charge is -2.34. The molecule has 154 valence electrons. The molecule has 4 atom stereocenters. The van der Waals surface area contributed by atoms with Gasteiger partial charge in [0.05, 0.1) is 0 Å². The standard InChI is InChI=1S/C24H40O2S/c1-5-7-8-9-10-11-12-13-14-19(4)24(27)23(18(3)6-2)21-17-20(25)15-16-22(21)26/h15-19,23-24,27H,5-14H2,1-4H3. The maximum Gasteiger partial charge on any atom is 0.182 e. The van der Waals surface area contributed by atoms with E-state index in [4.69, 9.17) is 12.6 Å². The quantitative estimate of drug-likeness (QED) is 0.201. The lowest BCUT2D eigenvalue weighted by atomic mass is 9.75. The third-order valence-corrected chi connectivity index (χ3v) is 6.89. The number of carbonyl (C=O) groups excluding carboxylic acids is 2.